The van der Waals surface area contributed by atoms with Crippen molar-refractivity contribution in [1.29, 1.82) is 0 Å². The molecule has 2 aromatic rings. The Hall–Kier alpha value is -2.99. The number of likely N-dealkylation sites (N-methyl/N-ethyl adjacent to an activating group) is 1. The number of nitrogens with one attached hydrogen (secondary N) is 2. The summed E-state index contributed by atoms with van der Waals surface area (Å²) in [5.41, 5.74) is 1.98. The Balaban J connectivity index is 1.50. The lowest BCUT2D eigenvalue weighted by Crippen LogP contribution is -2.38. The van der Waals surface area contributed by atoms with Crippen LogP contribution in [0.2, 0.25) is 0 Å². The van der Waals surface area contributed by atoms with E-state index in [9.17, 15) is 18.0 Å². The highest BCUT2D eigenvalue weighted by Crippen LogP contribution is 2.29. The number of sulfonamides is 1. The zero-order valence-electron chi connectivity index (χ0n) is 23.5. The van der Waals surface area contributed by atoms with Crippen LogP contribution < -0.4 is 15.5 Å². The molecular weight excluding hydrogens is 530 g/mol. The van der Waals surface area contributed by atoms with E-state index in [0.717, 1.165) is 38.9 Å². The number of anilines is 2. The van der Waals surface area contributed by atoms with Gasteiger partial charge in [0, 0.05) is 56.2 Å². The summed E-state index contributed by atoms with van der Waals surface area (Å²) < 4.78 is 33.7. The van der Waals surface area contributed by atoms with Crippen molar-refractivity contribution in [2.75, 3.05) is 75.8 Å². The van der Waals surface area contributed by atoms with Crippen LogP contribution >= 0.6 is 0 Å². The third-order valence-corrected chi connectivity index (χ3v) is 9.42. The monoisotopic (exact) mass is 571 g/mol. The first-order valence-electron chi connectivity index (χ1n) is 14.2. The van der Waals surface area contributed by atoms with Gasteiger partial charge in [-0.15, -0.1) is 0 Å². The molecule has 0 bridgehead atoms. The molecule has 10 nitrogen and oxygen atoms in total. The largest absolute Gasteiger partial charge is 0.378 e. The molecule has 218 valence electrons. The summed E-state index contributed by atoms with van der Waals surface area (Å²) in [4.78, 5) is 30.5. The predicted octanol–water partition coefficient (Wildman–Crippen LogP) is 3.02. The van der Waals surface area contributed by atoms with Gasteiger partial charge < -0.3 is 25.2 Å². The maximum Gasteiger partial charge on any atom is 0.257 e. The number of hydrogen-bond donors (Lipinski definition) is 2. The van der Waals surface area contributed by atoms with E-state index in [-0.39, 0.29) is 10.8 Å². The number of rotatable bonds is 11. The molecule has 2 amide bonds. The van der Waals surface area contributed by atoms with Crippen molar-refractivity contribution in [3.05, 3.63) is 53.6 Å². The van der Waals surface area contributed by atoms with Crippen molar-refractivity contribution in [2.24, 2.45) is 0 Å². The highest BCUT2D eigenvalue weighted by atomic mass is 32.2. The normalized spacial score (nSPS) is 16.6. The van der Waals surface area contributed by atoms with Crippen LogP contribution in [0.3, 0.4) is 0 Å². The number of ether oxygens (including phenoxy) is 1. The molecule has 0 aliphatic carbocycles. The second-order valence-electron chi connectivity index (χ2n) is 10.1. The molecular formula is C29H41N5O5S. The maximum atomic E-state index is 13.6. The number of nitrogens with zero attached hydrogens (tertiary/aromatic N) is 3. The average Bonchev–Trinajstić information content (AvgIpc) is 3.00. The van der Waals surface area contributed by atoms with Crippen LogP contribution in [-0.2, 0) is 14.8 Å². The Morgan fingerprint density at radius 1 is 0.900 bits per heavy atom. The second kappa shape index (κ2) is 14.1. The highest BCUT2D eigenvalue weighted by Gasteiger charge is 2.28. The Kier molecular flexibility index (Phi) is 10.5. The quantitative estimate of drug-likeness (QED) is 0.427. The highest BCUT2D eigenvalue weighted by molar-refractivity contribution is 7.89. The predicted molar refractivity (Wildman–Crippen MR) is 157 cm³/mol. The van der Waals surface area contributed by atoms with E-state index in [0.29, 0.717) is 68.4 Å². The summed E-state index contributed by atoms with van der Waals surface area (Å²) in [5, 5.41) is 5.82. The van der Waals surface area contributed by atoms with E-state index in [1.54, 1.807) is 36.4 Å². The van der Waals surface area contributed by atoms with Crippen LogP contribution in [0.5, 0.6) is 0 Å². The second-order valence-corrected chi connectivity index (χ2v) is 12.0. The van der Waals surface area contributed by atoms with Crippen LogP contribution in [0, 0.1) is 0 Å². The van der Waals surface area contributed by atoms with Crippen molar-refractivity contribution >= 4 is 33.2 Å². The molecule has 2 fully saturated rings. The average molecular weight is 572 g/mol. The zero-order valence-corrected chi connectivity index (χ0v) is 24.3. The van der Waals surface area contributed by atoms with Gasteiger partial charge in [-0.3, -0.25) is 9.59 Å². The number of amides is 2. The minimum atomic E-state index is -3.71. The molecule has 4 rings (SSSR count). The van der Waals surface area contributed by atoms with Gasteiger partial charge in [0.15, 0.2) is 0 Å². The Morgan fingerprint density at radius 3 is 2.23 bits per heavy atom. The van der Waals surface area contributed by atoms with Gasteiger partial charge in [-0.05, 0) is 68.4 Å². The lowest BCUT2D eigenvalue weighted by molar-refractivity contribution is 0.0948. The van der Waals surface area contributed by atoms with Crippen molar-refractivity contribution in [3.8, 4) is 0 Å². The van der Waals surface area contributed by atoms with E-state index in [2.05, 4.69) is 29.4 Å². The Labute approximate surface area is 237 Å². The summed E-state index contributed by atoms with van der Waals surface area (Å²) in [6.45, 7) is 10.6. The zero-order chi connectivity index (χ0) is 28.5. The fourth-order valence-electron chi connectivity index (χ4n) is 5.06. The molecule has 0 atom stereocenters. The topological polar surface area (TPSA) is 111 Å². The molecule has 0 aromatic heterocycles. The number of carbonyl (C=O) groups is 2. The van der Waals surface area contributed by atoms with E-state index < -0.39 is 15.9 Å². The molecule has 2 aliphatic heterocycles. The van der Waals surface area contributed by atoms with Crippen molar-refractivity contribution in [3.63, 3.8) is 0 Å². The van der Waals surface area contributed by atoms with E-state index in [1.807, 2.05) is 4.90 Å². The molecule has 2 heterocycles. The van der Waals surface area contributed by atoms with E-state index in [4.69, 9.17) is 4.74 Å². The summed E-state index contributed by atoms with van der Waals surface area (Å²) >= 11 is 0. The van der Waals surface area contributed by atoms with Gasteiger partial charge in [-0.25, -0.2) is 8.42 Å². The molecule has 0 radical (unpaired) electrons. The van der Waals surface area contributed by atoms with Crippen LogP contribution in [0.4, 0.5) is 11.4 Å². The standard InChI is InChI=1S/C29H41N5O5S/c1-3-32(4-2)17-14-30-28(35)23-8-10-24(11-9-23)31-29(36)26-22-25(40(37,38)34-15-6-5-7-16-34)12-13-27(26)33-18-20-39-21-19-33/h8-13,22H,3-7,14-21H2,1-2H3,(H,30,35)(H,31,36). The number of piperidine rings is 1. The summed E-state index contributed by atoms with van der Waals surface area (Å²) in [6, 6.07) is 11.5. The van der Waals surface area contributed by atoms with Crippen LogP contribution in [-0.4, -0.2) is 95.0 Å². The van der Waals surface area contributed by atoms with Gasteiger partial charge >= 0.3 is 0 Å². The third kappa shape index (κ3) is 7.39. The Bertz CT molecular complexity index is 1250. The van der Waals surface area contributed by atoms with Crippen LogP contribution in [0.15, 0.2) is 47.4 Å². The SMILES string of the molecule is CCN(CC)CCNC(=O)c1ccc(NC(=O)c2cc(S(=O)(=O)N3CCCCC3)ccc2N2CCOCC2)cc1. The number of hydrogen-bond acceptors (Lipinski definition) is 7. The van der Waals surface area contributed by atoms with Crippen molar-refractivity contribution in [1.82, 2.24) is 14.5 Å². The minimum Gasteiger partial charge on any atom is -0.378 e. The molecule has 2 N–H and O–H groups in total. The number of carbonyl (C=O) groups excluding carboxylic acids is 2. The van der Waals surface area contributed by atoms with Gasteiger partial charge in [0.25, 0.3) is 11.8 Å². The first kappa shape index (κ1) is 30.0. The first-order valence-corrected chi connectivity index (χ1v) is 15.7. The van der Waals surface area contributed by atoms with Gasteiger partial charge in [0.05, 0.1) is 23.7 Å². The summed E-state index contributed by atoms with van der Waals surface area (Å²) in [7, 11) is -3.71. The molecule has 2 saturated heterocycles. The molecule has 11 heteroatoms. The van der Waals surface area contributed by atoms with E-state index >= 15 is 0 Å². The lowest BCUT2D eigenvalue weighted by Gasteiger charge is -2.31. The van der Waals surface area contributed by atoms with Gasteiger partial charge in [-0.1, -0.05) is 20.3 Å². The molecule has 0 unspecified atom stereocenters. The Morgan fingerprint density at radius 2 is 1.57 bits per heavy atom. The maximum absolute atomic E-state index is 13.6. The molecule has 0 spiro atoms. The fraction of sp³-hybridized carbons (Fsp3) is 0.517. The minimum absolute atomic E-state index is 0.119. The van der Waals surface area contributed by atoms with E-state index in [1.165, 1.54) is 10.4 Å². The molecule has 0 saturated carbocycles. The van der Waals surface area contributed by atoms with Gasteiger partial charge in [-0.2, -0.15) is 4.31 Å². The summed E-state index contributed by atoms with van der Waals surface area (Å²) in [5.74, 6) is -0.580. The van der Waals surface area contributed by atoms with Crippen molar-refractivity contribution < 1.29 is 22.7 Å². The third-order valence-electron chi connectivity index (χ3n) is 7.53. The first-order chi connectivity index (χ1) is 19.3. The number of morpholine rings is 1. The summed E-state index contributed by atoms with van der Waals surface area (Å²) in [6.07, 6.45) is 2.69. The molecule has 2 aliphatic rings. The van der Waals surface area contributed by atoms with Gasteiger partial charge in [0.2, 0.25) is 10.0 Å². The van der Waals surface area contributed by atoms with Crippen molar-refractivity contribution in [2.45, 2.75) is 38.0 Å². The molecule has 2 aromatic carbocycles. The lowest BCUT2D eigenvalue weighted by atomic mass is 10.1. The smallest absolute Gasteiger partial charge is 0.257 e. The van der Waals surface area contributed by atoms with Crippen LogP contribution in [0.1, 0.15) is 53.8 Å². The van der Waals surface area contributed by atoms with Crippen LogP contribution in [0.25, 0.3) is 0 Å². The molecule has 40 heavy (non-hydrogen) atoms. The number of benzene rings is 2. The van der Waals surface area contributed by atoms with Gasteiger partial charge in [0.1, 0.15) is 0 Å². The fourth-order valence-corrected chi connectivity index (χ4v) is 6.61.